The highest BCUT2D eigenvalue weighted by Gasteiger charge is 1.99. The first-order chi connectivity index (χ1) is 12.3. The Kier molecular flexibility index (Phi) is 14.1. The van der Waals surface area contributed by atoms with Crippen molar-refractivity contribution in [3.63, 3.8) is 0 Å². The minimum Gasteiger partial charge on any atom is -0.494 e. The number of hydrogen-bond acceptors (Lipinski definition) is 8. The number of thioether (sulfide) groups is 1. The van der Waals surface area contributed by atoms with Crippen molar-refractivity contribution in [2.75, 3.05) is 56.7 Å². The van der Waals surface area contributed by atoms with Gasteiger partial charge in [0.2, 0.25) is 5.12 Å². The van der Waals surface area contributed by atoms with Gasteiger partial charge >= 0.3 is 0 Å². The molecule has 0 fully saturated rings. The summed E-state index contributed by atoms with van der Waals surface area (Å²) in [6.07, 6.45) is 5.46. The molecule has 0 heterocycles. The molecular formula is C17H27NO4S3. The molecule has 0 bridgehead atoms. The van der Waals surface area contributed by atoms with Gasteiger partial charge in [0.25, 0.3) is 0 Å². The highest BCUT2D eigenvalue weighted by molar-refractivity contribution is 8.76. The maximum atomic E-state index is 11.0. The molecule has 0 radical (unpaired) electrons. The molecule has 0 atom stereocenters. The number of anilines is 1. The van der Waals surface area contributed by atoms with Crippen molar-refractivity contribution >= 4 is 44.2 Å². The first kappa shape index (κ1) is 22.5. The van der Waals surface area contributed by atoms with E-state index in [4.69, 9.17) is 14.2 Å². The van der Waals surface area contributed by atoms with E-state index in [9.17, 15) is 4.79 Å². The van der Waals surface area contributed by atoms with Crippen molar-refractivity contribution in [1.82, 2.24) is 0 Å². The molecule has 8 heteroatoms. The molecule has 0 amide bonds. The molecule has 0 saturated carbocycles. The van der Waals surface area contributed by atoms with Crippen LogP contribution in [0.15, 0.2) is 24.3 Å². The second-order valence-electron chi connectivity index (χ2n) is 4.93. The highest BCUT2D eigenvalue weighted by Crippen LogP contribution is 2.20. The van der Waals surface area contributed by atoms with E-state index in [1.165, 1.54) is 11.8 Å². The molecule has 0 saturated heterocycles. The second kappa shape index (κ2) is 15.7. The zero-order valence-corrected chi connectivity index (χ0v) is 17.3. The number of carbonyl (C=O) groups is 1. The summed E-state index contributed by atoms with van der Waals surface area (Å²) in [6, 6.07) is 7.99. The van der Waals surface area contributed by atoms with Crippen molar-refractivity contribution in [1.29, 1.82) is 0 Å². The molecule has 0 spiro atoms. The van der Waals surface area contributed by atoms with Crippen LogP contribution < -0.4 is 10.1 Å². The molecule has 142 valence electrons. The van der Waals surface area contributed by atoms with Crippen LogP contribution in [-0.4, -0.2) is 56.5 Å². The number of rotatable bonds is 15. The maximum absolute atomic E-state index is 11.0. The van der Waals surface area contributed by atoms with Crippen LogP contribution in [0.3, 0.4) is 0 Å². The Bertz CT molecular complexity index is 460. The summed E-state index contributed by atoms with van der Waals surface area (Å²) in [5, 5.41) is 3.38. The first-order valence-electron chi connectivity index (χ1n) is 8.11. The summed E-state index contributed by atoms with van der Waals surface area (Å²) in [4.78, 5) is 11.0. The predicted molar refractivity (Wildman–Crippen MR) is 111 cm³/mol. The van der Waals surface area contributed by atoms with Crippen LogP contribution in [0.2, 0.25) is 0 Å². The fourth-order valence-corrected chi connectivity index (χ4v) is 2.85. The zero-order valence-electron chi connectivity index (χ0n) is 14.8. The smallest absolute Gasteiger partial charge is 0.214 e. The summed E-state index contributed by atoms with van der Waals surface area (Å²) >= 11 is 1.19. The van der Waals surface area contributed by atoms with Gasteiger partial charge in [0.05, 0.1) is 12.5 Å². The number of nitrogens with one attached hydrogen (secondary N) is 1. The van der Waals surface area contributed by atoms with Crippen molar-refractivity contribution in [3.05, 3.63) is 24.3 Å². The Morgan fingerprint density at radius 1 is 1.00 bits per heavy atom. The molecule has 1 N–H and O–H groups in total. The van der Waals surface area contributed by atoms with E-state index in [0.29, 0.717) is 26.4 Å². The SMILES string of the molecule is CSSCNc1ccc(OCCCOCCCOCC(=O)SC)cc1. The number of benzene rings is 1. The van der Waals surface area contributed by atoms with E-state index in [2.05, 4.69) is 11.6 Å². The van der Waals surface area contributed by atoms with Crippen LogP contribution >= 0.6 is 33.3 Å². The molecule has 5 nitrogen and oxygen atoms in total. The summed E-state index contributed by atoms with van der Waals surface area (Å²) in [5.74, 6) is 1.76. The summed E-state index contributed by atoms with van der Waals surface area (Å²) < 4.78 is 16.4. The lowest BCUT2D eigenvalue weighted by Crippen LogP contribution is -2.08. The molecule has 0 aliphatic heterocycles. The normalized spacial score (nSPS) is 10.6. The quantitative estimate of drug-likeness (QED) is 0.265. The molecule has 1 aromatic rings. The molecule has 0 aromatic heterocycles. The number of carbonyl (C=O) groups excluding carboxylic acids is 1. The topological polar surface area (TPSA) is 56.8 Å². The Morgan fingerprint density at radius 2 is 1.68 bits per heavy atom. The standard InChI is InChI=1S/C17H27NO4S3/c1-23-17(19)13-21-11-3-9-20-10-4-12-22-16-7-5-15(6-8-16)18-14-25-24-2/h5-8,18H,3-4,9-14H2,1-2H3. The van der Waals surface area contributed by atoms with E-state index in [1.807, 2.05) is 24.3 Å². The summed E-state index contributed by atoms with van der Waals surface area (Å²) in [7, 11) is 3.52. The van der Waals surface area contributed by atoms with Crippen molar-refractivity contribution < 1.29 is 19.0 Å². The van der Waals surface area contributed by atoms with Crippen molar-refractivity contribution in [3.8, 4) is 5.75 Å². The van der Waals surface area contributed by atoms with Crippen LogP contribution in [-0.2, 0) is 14.3 Å². The second-order valence-corrected chi connectivity index (χ2v) is 8.36. The Balaban J connectivity index is 1.95. The van der Waals surface area contributed by atoms with E-state index >= 15 is 0 Å². The average molecular weight is 406 g/mol. The largest absolute Gasteiger partial charge is 0.494 e. The van der Waals surface area contributed by atoms with Gasteiger partial charge in [0, 0.05) is 31.9 Å². The lowest BCUT2D eigenvalue weighted by Gasteiger charge is -2.09. The van der Waals surface area contributed by atoms with Crippen molar-refractivity contribution in [2.45, 2.75) is 12.8 Å². The number of ether oxygens (including phenoxy) is 3. The van der Waals surface area contributed by atoms with Crippen molar-refractivity contribution in [2.24, 2.45) is 0 Å². The number of hydrogen-bond donors (Lipinski definition) is 1. The Morgan fingerprint density at radius 3 is 2.36 bits per heavy atom. The lowest BCUT2D eigenvalue weighted by molar-refractivity contribution is -0.115. The molecular weight excluding hydrogens is 378 g/mol. The lowest BCUT2D eigenvalue weighted by atomic mass is 10.3. The molecule has 1 aromatic carbocycles. The third-order valence-electron chi connectivity index (χ3n) is 3.03. The summed E-state index contributed by atoms with van der Waals surface area (Å²) in [5.41, 5.74) is 1.10. The van der Waals surface area contributed by atoms with Crippen LogP contribution in [0.4, 0.5) is 5.69 Å². The third-order valence-corrected chi connectivity index (χ3v) is 5.17. The van der Waals surface area contributed by atoms with Crippen LogP contribution in [0, 0.1) is 0 Å². The minimum absolute atomic E-state index is 0.0562. The van der Waals surface area contributed by atoms with Gasteiger partial charge in [0.1, 0.15) is 12.4 Å². The van der Waals surface area contributed by atoms with Gasteiger partial charge in [-0.05, 0) is 43.2 Å². The van der Waals surface area contributed by atoms with Crippen LogP contribution in [0.5, 0.6) is 5.75 Å². The molecule has 0 aliphatic rings. The Labute approximate surface area is 162 Å². The minimum atomic E-state index is 0.0562. The van der Waals surface area contributed by atoms with E-state index in [0.717, 1.165) is 30.2 Å². The third kappa shape index (κ3) is 12.4. The van der Waals surface area contributed by atoms with Gasteiger partial charge in [-0.3, -0.25) is 4.79 Å². The molecule has 0 unspecified atom stereocenters. The van der Waals surface area contributed by atoms with Gasteiger partial charge in [-0.2, -0.15) is 0 Å². The zero-order chi connectivity index (χ0) is 18.2. The van der Waals surface area contributed by atoms with Gasteiger partial charge in [-0.25, -0.2) is 0 Å². The highest BCUT2D eigenvalue weighted by atomic mass is 33.1. The van der Waals surface area contributed by atoms with Crippen LogP contribution in [0.1, 0.15) is 12.8 Å². The molecule has 1 rings (SSSR count). The van der Waals surface area contributed by atoms with E-state index in [1.54, 1.807) is 27.8 Å². The Hall–Kier alpha value is -0.540. The van der Waals surface area contributed by atoms with Crippen LogP contribution in [0.25, 0.3) is 0 Å². The van der Waals surface area contributed by atoms with Gasteiger partial charge in [-0.15, -0.1) is 0 Å². The monoisotopic (exact) mass is 405 g/mol. The fourth-order valence-electron chi connectivity index (χ4n) is 1.77. The van der Waals surface area contributed by atoms with E-state index < -0.39 is 0 Å². The van der Waals surface area contributed by atoms with E-state index in [-0.39, 0.29) is 11.7 Å². The van der Waals surface area contributed by atoms with Gasteiger partial charge < -0.3 is 19.5 Å². The summed E-state index contributed by atoms with van der Waals surface area (Å²) in [6.45, 7) is 2.67. The predicted octanol–water partition coefficient (Wildman–Crippen LogP) is 4.15. The maximum Gasteiger partial charge on any atom is 0.214 e. The van der Waals surface area contributed by atoms with Gasteiger partial charge in [0.15, 0.2) is 0 Å². The first-order valence-corrected chi connectivity index (χ1v) is 12.1. The average Bonchev–Trinajstić information content (AvgIpc) is 2.64. The molecule has 0 aliphatic carbocycles. The molecule has 25 heavy (non-hydrogen) atoms. The van der Waals surface area contributed by atoms with Gasteiger partial charge in [-0.1, -0.05) is 33.3 Å². The fraction of sp³-hybridized carbons (Fsp3) is 0.588.